The summed E-state index contributed by atoms with van der Waals surface area (Å²) in [5.41, 5.74) is 0.943. The van der Waals surface area contributed by atoms with E-state index in [4.69, 9.17) is 0 Å². The van der Waals surface area contributed by atoms with Crippen molar-refractivity contribution in [2.75, 3.05) is 7.05 Å². The van der Waals surface area contributed by atoms with Crippen LogP contribution < -0.4 is 5.32 Å². The number of rotatable bonds is 5. The molecule has 1 amide bonds. The molecule has 0 aliphatic rings. The van der Waals surface area contributed by atoms with Gasteiger partial charge >= 0.3 is 0 Å². The van der Waals surface area contributed by atoms with Crippen LogP contribution in [0.1, 0.15) is 12.8 Å². The lowest BCUT2D eigenvalue weighted by Gasteiger charge is -1.98. The molecule has 0 heterocycles. The molecule has 0 saturated carbocycles. The van der Waals surface area contributed by atoms with Crippen LogP contribution in [-0.2, 0) is 4.79 Å². The van der Waals surface area contributed by atoms with Crippen molar-refractivity contribution in [2.45, 2.75) is 12.8 Å². The first-order chi connectivity index (χ1) is 5.70. The Kier molecular flexibility index (Phi) is 5.70. The number of amides is 1. The molecule has 0 aromatic rings. The van der Waals surface area contributed by atoms with Crippen molar-refractivity contribution in [1.29, 1.82) is 0 Å². The first-order valence-electron chi connectivity index (χ1n) is 3.88. The number of allylic oxidation sites excluding steroid dienone is 4. The van der Waals surface area contributed by atoms with Crippen molar-refractivity contribution >= 4 is 5.91 Å². The van der Waals surface area contributed by atoms with E-state index in [1.165, 1.54) is 0 Å². The van der Waals surface area contributed by atoms with E-state index in [1.807, 2.05) is 12.2 Å². The molecule has 0 fully saturated rings. The molecule has 2 nitrogen and oxygen atoms in total. The maximum Gasteiger partial charge on any atom is 0.220 e. The standard InChI is InChI=1S/C10H15NO/c1-4-5-6-9(2)7-8-10(12)11-3/h4-6H,1-2,7-8H2,3H3,(H,11,12)/b6-5-. The Morgan fingerprint density at radius 1 is 1.50 bits per heavy atom. The molecular weight excluding hydrogens is 150 g/mol. The van der Waals surface area contributed by atoms with E-state index in [9.17, 15) is 4.79 Å². The summed E-state index contributed by atoms with van der Waals surface area (Å²) in [4.78, 5) is 10.8. The molecule has 0 rings (SSSR count). The molecule has 0 radical (unpaired) electrons. The summed E-state index contributed by atoms with van der Waals surface area (Å²) in [5.74, 6) is 0.0446. The van der Waals surface area contributed by atoms with E-state index in [1.54, 1.807) is 13.1 Å². The van der Waals surface area contributed by atoms with Crippen molar-refractivity contribution < 1.29 is 4.79 Å². The van der Waals surface area contributed by atoms with Gasteiger partial charge in [-0.1, -0.05) is 37.0 Å². The SMILES string of the molecule is C=C/C=C\C(=C)CCC(=O)NC. The zero-order chi connectivity index (χ0) is 9.40. The molecule has 0 spiro atoms. The molecular formula is C10H15NO. The minimum absolute atomic E-state index is 0.0446. The highest BCUT2D eigenvalue weighted by molar-refractivity contribution is 5.75. The van der Waals surface area contributed by atoms with Gasteiger partial charge in [-0.3, -0.25) is 4.79 Å². The monoisotopic (exact) mass is 165 g/mol. The molecule has 66 valence electrons. The van der Waals surface area contributed by atoms with Crippen LogP contribution in [0, 0.1) is 0 Å². The lowest BCUT2D eigenvalue weighted by Crippen LogP contribution is -2.16. The maximum atomic E-state index is 10.8. The van der Waals surface area contributed by atoms with E-state index in [0.717, 1.165) is 5.57 Å². The van der Waals surface area contributed by atoms with Gasteiger partial charge in [-0.25, -0.2) is 0 Å². The fourth-order valence-corrected chi connectivity index (χ4v) is 0.687. The van der Waals surface area contributed by atoms with Crippen LogP contribution in [-0.4, -0.2) is 13.0 Å². The number of nitrogens with one attached hydrogen (secondary N) is 1. The summed E-state index contributed by atoms with van der Waals surface area (Å²) in [5, 5.41) is 2.55. The topological polar surface area (TPSA) is 29.1 Å². The van der Waals surface area contributed by atoms with Gasteiger partial charge in [0.15, 0.2) is 0 Å². The third-order valence-electron chi connectivity index (χ3n) is 1.42. The molecule has 0 saturated heterocycles. The average molecular weight is 165 g/mol. The predicted molar refractivity (Wildman–Crippen MR) is 51.8 cm³/mol. The van der Waals surface area contributed by atoms with Gasteiger partial charge in [0.05, 0.1) is 0 Å². The summed E-state index contributed by atoms with van der Waals surface area (Å²) < 4.78 is 0. The second-order valence-corrected chi connectivity index (χ2v) is 2.43. The molecule has 2 heteroatoms. The third kappa shape index (κ3) is 5.47. The van der Waals surface area contributed by atoms with E-state index < -0.39 is 0 Å². The van der Waals surface area contributed by atoms with Gasteiger partial charge in [-0.05, 0) is 6.42 Å². The van der Waals surface area contributed by atoms with Gasteiger partial charge in [0.25, 0.3) is 0 Å². The Morgan fingerprint density at radius 2 is 2.17 bits per heavy atom. The van der Waals surface area contributed by atoms with E-state index in [-0.39, 0.29) is 5.91 Å². The van der Waals surface area contributed by atoms with Crippen molar-refractivity contribution in [3.8, 4) is 0 Å². The molecule has 0 unspecified atom stereocenters. The minimum Gasteiger partial charge on any atom is -0.359 e. The van der Waals surface area contributed by atoms with Crippen LogP contribution in [0.15, 0.2) is 37.0 Å². The Bertz CT molecular complexity index is 204. The Balaban J connectivity index is 3.64. The lowest BCUT2D eigenvalue weighted by atomic mass is 10.1. The molecule has 0 aliphatic heterocycles. The Hall–Kier alpha value is -1.31. The number of carbonyl (C=O) groups is 1. The van der Waals surface area contributed by atoms with Crippen LogP contribution in [0.25, 0.3) is 0 Å². The zero-order valence-electron chi connectivity index (χ0n) is 7.47. The summed E-state index contributed by atoms with van der Waals surface area (Å²) >= 11 is 0. The maximum absolute atomic E-state index is 10.8. The highest BCUT2D eigenvalue weighted by atomic mass is 16.1. The molecule has 12 heavy (non-hydrogen) atoms. The first-order valence-corrected chi connectivity index (χ1v) is 3.88. The quantitative estimate of drug-likeness (QED) is 0.618. The van der Waals surface area contributed by atoms with Gasteiger partial charge in [0, 0.05) is 13.5 Å². The van der Waals surface area contributed by atoms with E-state index in [2.05, 4.69) is 18.5 Å². The largest absolute Gasteiger partial charge is 0.359 e. The number of hydrogen-bond donors (Lipinski definition) is 1. The molecule has 0 aliphatic carbocycles. The fraction of sp³-hybridized carbons (Fsp3) is 0.300. The van der Waals surface area contributed by atoms with Crippen molar-refractivity contribution in [3.05, 3.63) is 37.0 Å². The number of hydrogen-bond acceptors (Lipinski definition) is 1. The summed E-state index contributed by atoms with van der Waals surface area (Å²) in [6.07, 6.45) is 6.55. The Morgan fingerprint density at radius 3 is 2.67 bits per heavy atom. The van der Waals surface area contributed by atoms with Gasteiger partial charge in [0.1, 0.15) is 0 Å². The minimum atomic E-state index is 0.0446. The van der Waals surface area contributed by atoms with Crippen LogP contribution in [0.3, 0.4) is 0 Å². The molecule has 1 N–H and O–H groups in total. The van der Waals surface area contributed by atoms with Crippen LogP contribution >= 0.6 is 0 Å². The second kappa shape index (κ2) is 6.40. The zero-order valence-corrected chi connectivity index (χ0v) is 7.47. The van der Waals surface area contributed by atoms with Gasteiger partial charge in [0.2, 0.25) is 5.91 Å². The van der Waals surface area contributed by atoms with Gasteiger partial charge in [-0.15, -0.1) is 0 Å². The first kappa shape index (κ1) is 10.7. The molecule has 0 bridgehead atoms. The summed E-state index contributed by atoms with van der Waals surface area (Å²) in [6.45, 7) is 7.32. The van der Waals surface area contributed by atoms with Crippen LogP contribution in [0.2, 0.25) is 0 Å². The highest BCUT2D eigenvalue weighted by Gasteiger charge is 1.96. The van der Waals surface area contributed by atoms with Gasteiger partial charge < -0.3 is 5.32 Å². The molecule has 0 atom stereocenters. The molecule has 0 aromatic carbocycles. The molecule has 0 aromatic heterocycles. The summed E-state index contributed by atoms with van der Waals surface area (Å²) in [7, 11) is 1.63. The summed E-state index contributed by atoms with van der Waals surface area (Å²) in [6, 6.07) is 0. The number of carbonyl (C=O) groups excluding carboxylic acids is 1. The Labute approximate surface area is 73.7 Å². The van der Waals surface area contributed by atoms with Crippen LogP contribution in [0.4, 0.5) is 0 Å². The average Bonchev–Trinajstić information content (AvgIpc) is 2.10. The third-order valence-corrected chi connectivity index (χ3v) is 1.42. The van der Waals surface area contributed by atoms with Crippen molar-refractivity contribution in [2.24, 2.45) is 0 Å². The second-order valence-electron chi connectivity index (χ2n) is 2.43. The highest BCUT2D eigenvalue weighted by Crippen LogP contribution is 2.03. The fourth-order valence-electron chi connectivity index (χ4n) is 0.687. The smallest absolute Gasteiger partial charge is 0.220 e. The van der Waals surface area contributed by atoms with Crippen molar-refractivity contribution in [3.63, 3.8) is 0 Å². The van der Waals surface area contributed by atoms with Gasteiger partial charge in [-0.2, -0.15) is 0 Å². The van der Waals surface area contributed by atoms with Crippen LogP contribution in [0.5, 0.6) is 0 Å². The van der Waals surface area contributed by atoms with E-state index >= 15 is 0 Å². The van der Waals surface area contributed by atoms with Crippen molar-refractivity contribution in [1.82, 2.24) is 5.32 Å². The van der Waals surface area contributed by atoms with E-state index in [0.29, 0.717) is 12.8 Å². The predicted octanol–water partition coefficient (Wildman–Crippen LogP) is 1.81. The lowest BCUT2D eigenvalue weighted by molar-refractivity contribution is -0.120. The normalized spacial score (nSPS) is 9.75.